The van der Waals surface area contributed by atoms with E-state index in [0.29, 0.717) is 11.3 Å². The molecule has 0 aromatic carbocycles. The van der Waals surface area contributed by atoms with Gasteiger partial charge >= 0.3 is 0 Å². The Bertz CT molecular complexity index is 343. The van der Waals surface area contributed by atoms with E-state index >= 15 is 0 Å². The quantitative estimate of drug-likeness (QED) is 0.798. The molecule has 1 aromatic heterocycles. The first-order chi connectivity index (χ1) is 7.66. The third-order valence-electron chi connectivity index (χ3n) is 3.03. The Balaban J connectivity index is 2.15. The lowest BCUT2D eigenvalue weighted by Crippen LogP contribution is -2.41. The van der Waals surface area contributed by atoms with E-state index in [-0.39, 0.29) is 0 Å². The van der Waals surface area contributed by atoms with Gasteiger partial charge < -0.3 is 10.2 Å². The van der Waals surface area contributed by atoms with E-state index < -0.39 is 0 Å². The number of aromatic nitrogens is 2. The second kappa shape index (κ2) is 4.97. The number of halogens is 1. The van der Waals surface area contributed by atoms with Gasteiger partial charge in [-0.25, -0.2) is 9.97 Å². The molecule has 1 fully saturated rings. The largest absolute Gasteiger partial charge is 0.356 e. The monoisotopic (exact) mass is 240 g/mol. The number of anilines is 1. The molecular formula is C11H17ClN4. The highest BCUT2D eigenvalue weighted by atomic mass is 35.5. The van der Waals surface area contributed by atoms with Crippen LogP contribution in [-0.4, -0.2) is 36.1 Å². The second-order valence-electron chi connectivity index (χ2n) is 4.23. The molecule has 0 radical (unpaired) electrons. The maximum absolute atomic E-state index is 5.87. The molecule has 0 spiro atoms. The first kappa shape index (κ1) is 11.6. The van der Waals surface area contributed by atoms with E-state index in [9.17, 15) is 0 Å². The van der Waals surface area contributed by atoms with E-state index in [2.05, 4.69) is 27.2 Å². The first-order valence-corrected chi connectivity index (χ1v) is 5.99. The highest BCUT2D eigenvalue weighted by Crippen LogP contribution is 2.19. The van der Waals surface area contributed by atoms with E-state index in [4.69, 9.17) is 11.6 Å². The Morgan fingerprint density at radius 1 is 1.38 bits per heavy atom. The maximum atomic E-state index is 5.87. The van der Waals surface area contributed by atoms with Crippen LogP contribution in [0.3, 0.4) is 0 Å². The number of aryl methyl sites for hydroxylation is 1. The summed E-state index contributed by atoms with van der Waals surface area (Å²) >= 11 is 5.87. The van der Waals surface area contributed by atoms with Crippen molar-refractivity contribution >= 4 is 17.4 Å². The molecule has 0 aliphatic carbocycles. The molecular weight excluding hydrogens is 224 g/mol. The summed E-state index contributed by atoms with van der Waals surface area (Å²) in [4.78, 5) is 10.6. The fraction of sp³-hybridized carbons (Fsp3) is 0.636. The van der Waals surface area contributed by atoms with Gasteiger partial charge in [-0.2, -0.15) is 0 Å². The van der Waals surface area contributed by atoms with Crippen molar-refractivity contribution in [1.29, 1.82) is 0 Å². The summed E-state index contributed by atoms with van der Waals surface area (Å²) in [5.74, 6) is 0.921. The number of rotatable bonds is 2. The molecule has 2 rings (SSSR count). The lowest BCUT2D eigenvalue weighted by atomic mass is 10.1. The number of nitrogens with zero attached hydrogens (tertiary/aromatic N) is 3. The minimum Gasteiger partial charge on any atom is -0.356 e. The topological polar surface area (TPSA) is 41.0 Å². The van der Waals surface area contributed by atoms with E-state index in [0.717, 1.165) is 37.4 Å². The van der Waals surface area contributed by atoms with E-state index in [1.807, 2.05) is 13.0 Å². The average Bonchev–Trinajstić information content (AvgIpc) is 2.28. The van der Waals surface area contributed by atoms with Gasteiger partial charge in [0.25, 0.3) is 0 Å². The fourth-order valence-corrected chi connectivity index (χ4v) is 2.30. The van der Waals surface area contributed by atoms with Crippen molar-refractivity contribution in [3.05, 3.63) is 17.0 Å². The van der Waals surface area contributed by atoms with Crippen molar-refractivity contribution in [2.75, 3.05) is 25.0 Å². The zero-order valence-corrected chi connectivity index (χ0v) is 10.5. The van der Waals surface area contributed by atoms with Gasteiger partial charge in [0.05, 0.1) is 0 Å². The van der Waals surface area contributed by atoms with Crippen LogP contribution in [0, 0.1) is 6.92 Å². The molecule has 0 saturated carbocycles. The summed E-state index contributed by atoms with van der Waals surface area (Å²) in [6.07, 6.45) is 2.30. The smallest absolute Gasteiger partial charge is 0.224 e. The molecule has 0 bridgehead atoms. The second-order valence-corrected chi connectivity index (χ2v) is 4.57. The predicted molar refractivity (Wildman–Crippen MR) is 66.1 cm³/mol. The normalized spacial score (nSPS) is 17.4. The molecule has 0 amide bonds. The molecule has 1 aliphatic rings. The number of piperidine rings is 1. The minimum atomic E-state index is 0.329. The van der Waals surface area contributed by atoms with Gasteiger partial charge in [0.1, 0.15) is 5.82 Å². The number of nitrogens with one attached hydrogen (secondary N) is 1. The average molecular weight is 241 g/mol. The molecule has 0 atom stereocenters. The van der Waals surface area contributed by atoms with Crippen LogP contribution in [0.2, 0.25) is 5.28 Å². The van der Waals surface area contributed by atoms with Gasteiger partial charge in [-0.3, -0.25) is 0 Å². The maximum Gasteiger partial charge on any atom is 0.224 e. The van der Waals surface area contributed by atoms with Crippen LogP contribution in [0.5, 0.6) is 0 Å². The third-order valence-corrected chi connectivity index (χ3v) is 3.20. The highest BCUT2D eigenvalue weighted by molar-refractivity contribution is 6.28. The molecule has 2 heterocycles. The molecule has 1 N–H and O–H groups in total. The van der Waals surface area contributed by atoms with Crippen molar-refractivity contribution < 1.29 is 0 Å². The molecule has 4 nitrogen and oxygen atoms in total. The van der Waals surface area contributed by atoms with E-state index in [1.54, 1.807) is 0 Å². The summed E-state index contributed by atoms with van der Waals surface area (Å²) in [6, 6.07) is 2.53. The van der Waals surface area contributed by atoms with Crippen LogP contribution < -0.4 is 10.2 Å². The van der Waals surface area contributed by atoms with Gasteiger partial charge in [0.15, 0.2) is 0 Å². The fourth-order valence-electron chi connectivity index (χ4n) is 2.08. The zero-order chi connectivity index (χ0) is 11.5. The summed E-state index contributed by atoms with van der Waals surface area (Å²) in [6.45, 7) is 4.09. The Kier molecular flexibility index (Phi) is 3.61. The summed E-state index contributed by atoms with van der Waals surface area (Å²) in [5, 5.41) is 3.69. The van der Waals surface area contributed by atoms with Gasteiger partial charge in [0, 0.05) is 24.8 Å². The standard InChI is InChI=1S/C11H17ClN4/c1-8-7-10(15-11(12)14-8)16(2)9-3-5-13-6-4-9/h7,9,13H,3-6H2,1-2H3. The third kappa shape index (κ3) is 2.62. The Labute approximate surface area is 101 Å². The molecule has 88 valence electrons. The molecule has 1 aromatic rings. The van der Waals surface area contributed by atoms with Gasteiger partial charge in [-0.1, -0.05) is 0 Å². The van der Waals surface area contributed by atoms with Crippen LogP contribution in [0.25, 0.3) is 0 Å². The summed E-state index contributed by atoms with van der Waals surface area (Å²) in [7, 11) is 2.08. The lowest BCUT2D eigenvalue weighted by Gasteiger charge is -2.32. The van der Waals surface area contributed by atoms with Gasteiger partial charge in [-0.05, 0) is 44.5 Å². The SMILES string of the molecule is Cc1cc(N(C)C2CCNCC2)nc(Cl)n1. The molecule has 1 aliphatic heterocycles. The van der Waals surface area contributed by atoms with Crippen molar-refractivity contribution in [3.63, 3.8) is 0 Å². The lowest BCUT2D eigenvalue weighted by molar-refractivity contribution is 0.441. The van der Waals surface area contributed by atoms with Crippen LogP contribution >= 0.6 is 11.6 Å². The Morgan fingerprint density at radius 3 is 2.69 bits per heavy atom. The van der Waals surface area contributed by atoms with Crippen molar-refractivity contribution in [2.24, 2.45) is 0 Å². The summed E-state index contributed by atoms with van der Waals surface area (Å²) in [5.41, 5.74) is 0.913. The molecule has 5 heteroatoms. The van der Waals surface area contributed by atoms with Gasteiger partial charge in [-0.15, -0.1) is 0 Å². The van der Waals surface area contributed by atoms with Crippen molar-refractivity contribution in [1.82, 2.24) is 15.3 Å². The summed E-state index contributed by atoms with van der Waals surface area (Å²) < 4.78 is 0. The predicted octanol–water partition coefficient (Wildman–Crippen LogP) is 1.63. The van der Waals surface area contributed by atoms with Crippen LogP contribution in [0.15, 0.2) is 6.07 Å². The zero-order valence-electron chi connectivity index (χ0n) is 9.70. The minimum absolute atomic E-state index is 0.329. The Morgan fingerprint density at radius 2 is 2.06 bits per heavy atom. The van der Waals surface area contributed by atoms with E-state index in [1.165, 1.54) is 0 Å². The number of hydrogen-bond donors (Lipinski definition) is 1. The van der Waals surface area contributed by atoms with Crippen molar-refractivity contribution in [2.45, 2.75) is 25.8 Å². The Hall–Kier alpha value is -0.870. The van der Waals surface area contributed by atoms with Gasteiger partial charge in [0.2, 0.25) is 5.28 Å². The first-order valence-electron chi connectivity index (χ1n) is 5.61. The number of hydrogen-bond acceptors (Lipinski definition) is 4. The van der Waals surface area contributed by atoms with Crippen LogP contribution in [0.1, 0.15) is 18.5 Å². The molecule has 1 saturated heterocycles. The highest BCUT2D eigenvalue weighted by Gasteiger charge is 2.19. The molecule has 16 heavy (non-hydrogen) atoms. The van der Waals surface area contributed by atoms with Crippen LogP contribution in [0.4, 0.5) is 5.82 Å². The van der Waals surface area contributed by atoms with Crippen molar-refractivity contribution in [3.8, 4) is 0 Å². The van der Waals surface area contributed by atoms with Crippen LogP contribution in [-0.2, 0) is 0 Å². The molecule has 0 unspecified atom stereocenters.